The second kappa shape index (κ2) is 7.55. The van der Waals surface area contributed by atoms with Gasteiger partial charge >= 0.3 is 0 Å². The molecule has 7 heteroatoms. The molecule has 0 saturated carbocycles. The normalized spacial score (nSPS) is 18.7. The number of ether oxygens (including phenoxy) is 1. The molecule has 0 aliphatic carbocycles. The van der Waals surface area contributed by atoms with Gasteiger partial charge in [0, 0.05) is 39.5 Å². The summed E-state index contributed by atoms with van der Waals surface area (Å²) in [6.45, 7) is 1.68. The van der Waals surface area contributed by atoms with E-state index in [1.54, 1.807) is 18.2 Å². The Kier molecular flexibility index (Phi) is 5.23. The molecule has 0 aromatic heterocycles. The number of hydrogen-bond donors (Lipinski definition) is 0. The lowest BCUT2D eigenvalue weighted by atomic mass is 9.73. The van der Waals surface area contributed by atoms with Crippen molar-refractivity contribution in [2.24, 2.45) is 0 Å². The number of benzene rings is 2. The van der Waals surface area contributed by atoms with E-state index in [0.29, 0.717) is 39.0 Å². The molecule has 1 saturated heterocycles. The average molecular weight is 415 g/mol. The molecule has 0 radical (unpaired) electrons. The van der Waals surface area contributed by atoms with E-state index in [1.807, 2.05) is 35.2 Å². The van der Waals surface area contributed by atoms with Crippen molar-refractivity contribution in [1.29, 1.82) is 0 Å². The summed E-state index contributed by atoms with van der Waals surface area (Å²) >= 11 is 0. The topological polar surface area (TPSA) is 66.9 Å². The summed E-state index contributed by atoms with van der Waals surface area (Å²) in [5, 5.41) is 0. The minimum Gasteiger partial charge on any atom is -0.381 e. The first-order valence-corrected chi connectivity index (χ1v) is 11.3. The average Bonchev–Trinajstić information content (AvgIpc) is 3.17. The summed E-state index contributed by atoms with van der Waals surface area (Å²) in [6.07, 6.45) is 1.95. The lowest BCUT2D eigenvalue weighted by molar-refractivity contribution is -0.127. The lowest BCUT2D eigenvalue weighted by Gasteiger charge is -2.39. The van der Waals surface area contributed by atoms with Crippen LogP contribution in [-0.4, -0.2) is 52.5 Å². The Morgan fingerprint density at radius 1 is 1.07 bits per heavy atom. The summed E-state index contributed by atoms with van der Waals surface area (Å²) in [5.74, 6) is 0.0777. The second-order valence-electron chi connectivity index (χ2n) is 7.85. The molecule has 6 nitrogen and oxygen atoms in total. The fraction of sp³-hybridized carbons (Fsp3) is 0.409. The quantitative estimate of drug-likeness (QED) is 0.771. The molecule has 2 aromatic rings. The molecular weight excluding hydrogens is 388 g/mol. The zero-order chi connectivity index (χ0) is 20.6. The number of rotatable bonds is 4. The molecule has 1 fully saturated rings. The lowest BCUT2D eigenvalue weighted by Crippen LogP contribution is -2.49. The van der Waals surface area contributed by atoms with E-state index < -0.39 is 15.4 Å². The zero-order valence-corrected chi connectivity index (χ0v) is 17.6. The van der Waals surface area contributed by atoms with Gasteiger partial charge in [-0.3, -0.25) is 4.79 Å². The predicted octanol–water partition coefficient (Wildman–Crippen LogP) is 2.57. The van der Waals surface area contributed by atoms with Crippen LogP contribution in [0, 0.1) is 0 Å². The van der Waals surface area contributed by atoms with Crippen molar-refractivity contribution in [3.8, 4) is 0 Å². The molecule has 2 heterocycles. The van der Waals surface area contributed by atoms with E-state index in [1.165, 1.54) is 18.4 Å². The van der Waals surface area contributed by atoms with Crippen molar-refractivity contribution < 1.29 is 17.9 Å². The summed E-state index contributed by atoms with van der Waals surface area (Å²) < 4.78 is 31.7. The van der Waals surface area contributed by atoms with Crippen LogP contribution in [0.1, 0.15) is 24.0 Å². The van der Waals surface area contributed by atoms with Crippen molar-refractivity contribution >= 4 is 21.6 Å². The monoisotopic (exact) mass is 414 g/mol. The van der Waals surface area contributed by atoms with Crippen LogP contribution in [-0.2, 0) is 31.4 Å². The Labute approximate surface area is 172 Å². The van der Waals surface area contributed by atoms with Crippen molar-refractivity contribution in [2.45, 2.75) is 29.6 Å². The van der Waals surface area contributed by atoms with E-state index >= 15 is 0 Å². The number of carbonyl (C=O) groups excluding carboxylic acids is 1. The Morgan fingerprint density at radius 3 is 2.41 bits per heavy atom. The maximum absolute atomic E-state index is 13.8. The van der Waals surface area contributed by atoms with Gasteiger partial charge in [-0.25, -0.2) is 12.7 Å². The Bertz CT molecular complexity index is 1010. The Morgan fingerprint density at radius 2 is 1.76 bits per heavy atom. The molecule has 0 spiro atoms. The van der Waals surface area contributed by atoms with Crippen LogP contribution in [0.15, 0.2) is 53.4 Å². The summed E-state index contributed by atoms with van der Waals surface area (Å²) in [7, 11) is -0.456. The molecule has 154 valence electrons. The summed E-state index contributed by atoms with van der Waals surface area (Å²) in [6, 6.07) is 15.0. The van der Waals surface area contributed by atoms with E-state index in [9.17, 15) is 13.2 Å². The Balaban J connectivity index is 1.71. The van der Waals surface area contributed by atoms with Gasteiger partial charge in [-0.2, -0.15) is 0 Å². The molecule has 4 rings (SSSR count). The number of sulfonamides is 1. The van der Waals surface area contributed by atoms with Gasteiger partial charge in [0.15, 0.2) is 0 Å². The first-order chi connectivity index (χ1) is 13.9. The molecule has 0 N–H and O–H groups in total. The van der Waals surface area contributed by atoms with Gasteiger partial charge in [-0.05, 0) is 48.6 Å². The number of carbonyl (C=O) groups is 1. The van der Waals surface area contributed by atoms with Crippen LogP contribution in [0.2, 0.25) is 0 Å². The first-order valence-electron chi connectivity index (χ1n) is 9.87. The molecule has 2 aliphatic heterocycles. The number of fused-ring (bicyclic) bond motifs is 1. The molecule has 0 atom stereocenters. The van der Waals surface area contributed by atoms with Gasteiger partial charge in [0.05, 0.1) is 10.3 Å². The third-order valence-corrected chi connectivity index (χ3v) is 7.86. The van der Waals surface area contributed by atoms with Crippen LogP contribution in [0.3, 0.4) is 0 Å². The SMILES string of the molecule is CN(C)S(=O)(=O)c1ccc2c(c1)CCN2C(=O)C1(c2ccccc2)CCOCC1. The van der Waals surface area contributed by atoms with Gasteiger partial charge in [0.25, 0.3) is 0 Å². The minimum atomic E-state index is -3.50. The number of hydrogen-bond acceptors (Lipinski definition) is 4. The molecule has 0 bridgehead atoms. The van der Waals surface area contributed by atoms with Crippen molar-refractivity contribution in [3.05, 3.63) is 59.7 Å². The smallest absolute Gasteiger partial charge is 0.242 e. The van der Waals surface area contributed by atoms with Crippen molar-refractivity contribution in [1.82, 2.24) is 4.31 Å². The van der Waals surface area contributed by atoms with E-state index in [0.717, 1.165) is 16.8 Å². The maximum Gasteiger partial charge on any atom is 0.242 e. The standard InChI is InChI=1S/C22H26N2O4S/c1-23(2)29(26,27)19-8-9-20-17(16-19)10-13-24(20)21(25)22(11-14-28-15-12-22)18-6-4-3-5-7-18/h3-9,16H,10-15H2,1-2H3. The fourth-order valence-corrected chi connectivity index (χ4v) is 5.27. The van der Waals surface area contributed by atoms with Gasteiger partial charge in [0.2, 0.25) is 15.9 Å². The first kappa shape index (κ1) is 20.1. The predicted molar refractivity (Wildman–Crippen MR) is 112 cm³/mol. The zero-order valence-electron chi connectivity index (χ0n) is 16.8. The van der Waals surface area contributed by atoms with Crippen molar-refractivity contribution in [2.75, 3.05) is 38.8 Å². The Hall–Kier alpha value is -2.22. The second-order valence-corrected chi connectivity index (χ2v) is 10.00. The van der Waals surface area contributed by atoms with Crippen LogP contribution in [0.25, 0.3) is 0 Å². The van der Waals surface area contributed by atoms with E-state index in [-0.39, 0.29) is 10.8 Å². The van der Waals surface area contributed by atoms with E-state index in [4.69, 9.17) is 4.74 Å². The minimum absolute atomic E-state index is 0.0777. The molecule has 0 unspecified atom stereocenters. The van der Waals surface area contributed by atoms with Crippen molar-refractivity contribution in [3.63, 3.8) is 0 Å². The number of nitrogens with zero attached hydrogens (tertiary/aromatic N) is 2. The molecule has 2 aromatic carbocycles. The number of anilines is 1. The summed E-state index contributed by atoms with van der Waals surface area (Å²) in [4.78, 5) is 15.9. The van der Waals surface area contributed by atoms with E-state index in [2.05, 4.69) is 0 Å². The van der Waals surface area contributed by atoms with Crippen LogP contribution >= 0.6 is 0 Å². The third kappa shape index (κ3) is 3.37. The summed E-state index contributed by atoms with van der Waals surface area (Å²) in [5.41, 5.74) is 2.13. The maximum atomic E-state index is 13.8. The molecule has 29 heavy (non-hydrogen) atoms. The highest BCUT2D eigenvalue weighted by atomic mass is 32.2. The van der Waals surface area contributed by atoms with Crippen LogP contribution < -0.4 is 4.90 Å². The number of amides is 1. The third-order valence-electron chi connectivity index (χ3n) is 6.05. The highest BCUT2D eigenvalue weighted by Crippen LogP contribution is 2.40. The highest BCUT2D eigenvalue weighted by molar-refractivity contribution is 7.89. The molecule has 2 aliphatic rings. The van der Waals surface area contributed by atoms with Gasteiger partial charge in [-0.1, -0.05) is 30.3 Å². The van der Waals surface area contributed by atoms with Gasteiger partial charge in [-0.15, -0.1) is 0 Å². The largest absolute Gasteiger partial charge is 0.381 e. The highest BCUT2D eigenvalue weighted by Gasteiger charge is 2.45. The van der Waals surface area contributed by atoms with Crippen LogP contribution in [0.4, 0.5) is 5.69 Å². The molecule has 1 amide bonds. The van der Waals surface area contributed by atoms with Crippen LogP contribution in [0.5, 0.6) is 0 Å². The molecular formula is C22H26N2O4S. The van der Waals surface area contributed by atoms with Gasteiger partial charge in [0.1, 0.15) is 0 Å². The fourth-order valence-electron chi connectivity index (χ4n) is 4.32. The van der Waals surface area contributed by atoms with Gasteiger partial charge < -0.3 is 9.64 Å².